The maximum absolute atomic E-state index is 4.63. The highest BCUT2D eigenvalue weighted by atomic mass is 32.1. The van der Waals surface area contributed by atoms with Crippen molar-refractivity contribution in [3.8, 4) is 11.3 Å². The van der Waals surface area contributed by atoms with Crippen LogP contribution in [0.25, 0.3) is 32.2 Å². The van der Waals surface area contributed by atoms with Gasteiger partial charge in [-0.25, -0.2) is 9.97 Å². The van der Waals surface area contributed by atoms with Gasteiger partial charge >= 0.3 is 0 Å². The molecule has 0 N–H and O–H groups in total. The Morgan fingerprint density at radius 3 is 2.48 bits per heavy atom. The Labute approximate surface area is 152 Å². The van der Waals surface area contributed by atoms with Crippen LogP contribution in [0.3, 0.4) is 0 Å². The zero-order valence-corrected chi connectivity index (χ0v) is 15.9. The van der Waals surface area contributed by atoms with Crippen LogP contribution in [-0.2, 0) is 6.42 Å². The van der Waals surface area contributed by atoms with Crippen molar-refractivity contribution in [1.29, 1.82) is 0 Å². The Morgan fingerprint density at radius 2 is 1.72 bits per heavy atom. The molecule has 0 saturated heterocycles. The van der Waals surface area contributed by atoms with Crippen LogP contribution in [0.5, 0.6) is 0 Å². The summed E-state index contributed by atoms with van der Waals surface area (Å²) in [5, 5.41) is 2.50. The highest BCUT2D eigenvalue weighted by molar-refractivity contribution is 7.19. The average molecular weight is 346 g/mol. The molecule has 0 atom stereocenters. The van der Waals surface area contributed by atoms with E-state index in [-0.39, 0.29) is 5.41 Å². The van der Waals surface area contributed by atoms with Gasteiger partial charge in [-0.05, 0) is 41.2 Å². The third-order valence-electron chi connectivity index (χ3n) is 4.52. The van der Waals surface area contributed by atoms with E-state index >= 15 is 0 Å². The highest BCUT2D eigenvalue weighted by Gasteiger charge is 2.19. The van der Waals surface area contributed by atoms with Crippen LogP contribution in [0.2, 0.25) is 0 Å². The first-order valence-corrected chi connectivity index (χ1v) is 9.46. The second-order valence-corrected chi connectivity index (χ2v) is 8.95. The lowest BCUT2D eigenvalue weighted by Gasteiger charge is -2.17. The zero-order valence-electron chi connectivity index (χ0n) is 15.1. The van der Waals surface area contributed by atoms with E-state index in [0.29, 0.717) is 0 Å². The van der Waals surface area contributed by atoms with E-state index in [2.05, 4.69) is 80.1 Å². The fourth-order valence-corrected chi connectivity index (χ4v) is 4.83. The number of rotatable bonds is 2. The standard InChI is InChI=1S/C22H22N2S/c1-14-18(12-22(2,3)4)25-21-19(14)23-13-24-20(21)17-10-9-15-7-5-6-8-16(15)11-17/h5-11,13H,12H2,1-4H3. The highest BCUT2D eigenvalue weighted by Crippen LogP contribution is 2.38. The minimum Gasteiger partial charge on any atom is -0.235 e. The van der Waals surface area contributed by atoms with Crippen LogP contribution in [0.4, 0.5) is 0 Å². The van der Waals surface area contributed by atoms with Gasteiger partial charge in [0.15, 0.2) is 0 Å². The number of fused-ring (bicyclic) bond motifs is 2. The molecule has 126 valence electrons. The Bertz CT molecular complexity index is 1070. The molecule has 2 nitrogen and oxygen atoms in total. The number of hydrogen-bond donors (Lipinski definition) is 0. The molecule has 2 aromatic heterocycles. The molecule has 0 radical (unpaired) electrons. The molecule has 0 fully saturated rings. The Balaban J connectivity index is 1.90. The minimum atomic E-state index is 0.266. The van der Waals surface area contributed by atoms with Crippen molar-refractivity contribution in [2.24, 2.45) is 5.41 Å². The van der Waals surface area contributed by atoms with Gasteiger partial charge in [-0.15, -0.1) is 11.3 Å². The van der Waals surface area contributed by atoms with Crippen molar-refractivity contribution < 1.29 is 0 Å². The van der Waals surface area contributed by atoms with Gasteiger partial charge < -0.3 is 0 Å². The van der Waals surface area contributed by atoms with Crippen molar-refractivity contribution in [2.75, 3.05) is 0 Å². The number of aromatic nitrogens is 2. The van der Waals surface area contributed by atoms with Gasteiger partial charge in [-0.2, -0.15) is 0 Å². The summed E-state index contributed by atoms with van der Waals surface area (Å²) in [5.41, 5.74) is 4.88. The predicted octanol–water partition coefficient (Wildman–Crippen LogP) is 6.41. The summed E-state index contributed by atoms with van der Waals surface area (Å²) in [7, 11) is 0. The SMILES string of the molecule is Cc1c(CC(C)(C)C)sc2c(-c3ccc4ccccc4c3)ncnc12. The van der Waals surface area contributed by atoms with Gasteiger partial charge in [0.05, 0.1) is 15.9 Å². The van der Waals surface area contributed by atoms with Crippen molar-refractivity contribution in [1.82, 2.24) is 9.97 Å². The van der Waals surface area contributed by atoms with E-state index in [1.165, 1.54) is 25.9 Å². The fraction of sp³-hybridized carbons (Fsp3) is 0.273. The van der Waals surface area contributed by atoms with Crippen LogP contribution < -0.4 is 0 Å². The van der Waals surface area contributed by atoms with E-state index in [1.54, 1.807) is 6.33 Å². The van der Waals surface area contributed by atoms with Crippen molar-refractivity contribution >= 4 is 32.3 Å². The van der Waals surface area contributed by atoms with Crippen LogP contribution in [0, 0.1) is 12.3 Å². The Hall–Kier alpha value is -2.26. The van der Waals surface area contributed by atoms with E-state index in [4.69, 9.17) is 0 Å². The summed E-state index contributed by atoms with van der Waals surface area (Å²) in [4.78, 5) is 10.6. The predicted molar refractivity (Wildman–Crippen MR) is 108 cm³/mol. The second-order valence-electron chi connectivity index (χ2n) is 7.85. The summed E-state index contributed by atoms with van der Waals surface area (Å²) in [5.74, 6) is 0. The number of aryl methyl sites for hydroxylation is 1. The molecule has 0 aliphatic rings. The molecule has 0 saturated carbocycles. The second kappa shape index (κ2) is 5.92. The molecule has 0 bridgehead atoms. The van der Waals surface area contributed by atoms with Gasteiger partial charge in [0, 0.05) is 10.4 Å². The van der Waals surface area contributed by atoms with E-state index in [9.17, 15) is 0 Å². The maximum atomic E-state index is 4.63. The van der Waals surface area contributed by atoms with E-state index < -0.39 is 0 Å². The Morgan fingerprint density at radius 1 is 0.960 bits per heavy atom. The summed E-state index contributed by atoms with van der Waals surface area (Å²) >= 11 is 1.85. The molecule has 0 amide bonds. The molecular weight excluding hydrogens is 324 g/mol. The molecule has 0 aliphatic carbocycles. The summed E-state index contributed by atoms with van der Waals surface area (Å²) in [6.07, 6.45) is 2.77. The summed E-state index contributed by atoms with van der Waals surface area (Å²) in [6, 6.07) is 15.0. The topological polar surface area (TPSA) is 25.8 Å². The monoisotopic (exact) mass is 346 g/mol. The van der Waals surface area contributed by atoms with Crippen molar-refractivity contribution in [2.45, 2.75) is 34.1 Å². The molecule has 25 heavy (non-hydrogen) atoms. The molecule has 0 aliphatic heterocycles. The van der Waals surface area contributed by atoms with Crippen LogP contribution in [-0.4, -0.2) is 9.97 Å². The van der Waals surface area contributed by atoms with E-state index in [0.717, 1.165) is 23.2 Å². The van der Waals surface area contributed by atoms with Gasteiger partial charge in [-0.3, -0.25) is 0 Å². The summed E-state index contributed by atoms with van der Waals surface area (Å²) in [6.45, 7) is 9.04. The van der Waals surface area contributed by atoms with Crippen LogP contribution >= 0.6 is 11.3 Å². The van der Waals surface area contributed by atoms with Gasteiger partial charge in [-0.1, -0.05) is 57.2 Å². The smallest absolute Gasteiger partial charge is 0.116 e. The third-order valence-corrected chi connectivity index (χ3v) is 5.80. The third kappa shape index (κ3) is 3.05. The van der Waals surface area contributed by atoms with Crippen molar-refractivity contribution in [3.05, 3.63) is 59.2 Å². The first-order chi connectivity index (χ1) is 11.9. The molecule has 2 heterocycles. The van der Waals surface area contributed by atoms with Gasteiger partial charge in [0.1, 0.15) is 6.33 Å². The molecular formula is C22H22N2S. The molecule has 0 unspecified atom stereocenters. The number of nitrogens with zero attached hydrogens (tertiary/aromatic N) is 2. The molecule has 4 aromatic rings. The lowest BCUT2D eigenvalue weighted by atomic mass is 9.90. The quantitative estimate of drug-likeness (QED) is 0.419. The van der Waals surface area contributed by atoms with Gasteiger partial charge in [0.2, 0.25) is 0 Å². The Kier molecular flexibility index (Phi) is 3.84. The largest absolute Gasteiger partial charge is 0.235 e. The minimum absolute atomic E-state index is 0.266. The molecule has 3 heteroatoms. The first kappa shape index (κ1) is 16.2. The number of hydrogen-bond acceptors (Lipinski definition) is 3. The number of benzene rings is 2. The lowest BCUT2D eigenvalue weighted by molar-refractivity contribution is 0.414. The normalized spacial score (nSPS) is 12.2. The maximum Gasteiger partial charge on any atom is 0.116 e. The lowest BCUT2D eigenvalue weighted by Crippen LogP contribution is -2.08. The molecule has 4 rings (SSSR count). The van der Waals surface area contributed by atoms with Crippen LogP contribution in [0.15, 0.2) is 48.8 Å². The fourth-order valence-electron chi connectivity index (χ4n) is 3.26. The first-order valence-electron chi connectivity index (χ1n) is 8.64. The molecule has 2 aromatic carbocycles. The van der Waals surface area contributed by atoms with Crippen molar-refractivity contribution in [3.63, 3.8) is 0 Å². The average Bonchev–Trinajstić information content (AvgIpc) is 2.89. The zero-order chi connectivity index (χ0) is 17.6. The van der Waals surface area contributed by atoms with E-state index in [1.807, 2.05) is 11.3 Å². The molecule has 0 spiro atoms. The number of thiophene rings is 1. The summed E-state index contributed by atoms with van der Waals surface area (Å²) < 4.78 is 1.20. The van der Waals surface area contributed by atoms with Crippen LogP contribution in [0.1, 0.15) is 31.2 Å². The van der Waals surface area contributed by atoms with Gasteiger partial charge in [0.25, 0.3) is 0 Å².